The highest BCUT2D eigenvalue weighted by Gasteiger charge is 2.17. The first-order chi connectivity index (χ1) is 10.2. The number of carbonyl (C=O) groups is 1. The lowest BCUT2D eigenvalue weighted by Crippen LogP contribution is -2.05. The molecule has 0 saturated heterocycles. The van der Waals surface area contributed by atoms with Crippen molar-refractivity contribution in [3.05, 3.63) is 24.7 Å². The van der Waals surface area contributed by atoms with Crippen LogP contribution in [0.15, 0.2) is 33.5 Å². The van der Waals surface area contributed by atoms with Gasteiger partial charge in [-0.3, -0.25) is 4.79 Å². The minimum atomic E-state index is -0.252. The summed E-state index contributed by atoms with van der Waals surface area (Å²) < 4.78 is 21.2. The summed E-state index contributed by atoms with van der Waals surface area (Å²) in [6.07, 6.45) is 3.99. The van der Waals surface area contributed by atoms with Crippen molar-refractivity contribution in [2.75, 3.05) is 19.5 Å². The molecule has 3 aromatic rings. The van der Waals surface area contributed by atoms with Gasteiger partial charge in [-0.2, -0.15) is 0 Å². The summed E-state index contributed by atoms with van der Waals surface area (Å²) >= 11 is 0. The molecule has 0 amide bonds. The lowest BCUT2D eigenvalue weighted by Gasteiger charge is -2.09. The Labute approximate surface area is 120 Å². The smallest absolute Gasteiger partial charge is 0.305 e. The molecule has 2 heterocycles. The fourth-order valence-electron chi connectivity index (χ4n) is 2.29. The van der Waals surface area contributed by atoms with Gasteiger partial charge in [-0.25, -0.2) is 0 Å². The van der Waals surface area contributed by atoms with Crippen LogP contribution in [-0.4, -0.2) is 19.7 Å². The van der Waals surface area contributed by atoms with E-state index in [1.807, 2.05) is 0 Å². The Morgan fingerprint density at radius 1 is 1.19 bits per heavy atom. The van der Waals surface area contributed by atoms with Crippen LogP contribution in [0.3, 0.4) is 0 Å². The molecule has 2 aromatic heterocycles. The van der Waals surface area contributed by atoms with Crippen LogP contribution in [0.5, 0.6) is 5.75 Å². The van der Waals surface area contributed by atoms with E-state index in [9.17, 15) is 4.79 Å². The minimum Gasteiger partial charge on any atom is -0.492 e. The van der Waals surface area contributed by atoms with Crippen LogP contribution in [0.4, 0.5) is 5.69 Å². The number of hydrogen-bond acceptors (Lipinski definition) is 6. The molecule has 2 N–H and O–H groups in total. The van der Waals surface area contributed by atoms with E-state index in [0.717, 1.165) is 10.8 Å². The molecule has 6 heteroatoms. The summed E-state index contributed by atoms with van der Waals surface area (Å²) in [6, 6.07) is 3.60. The van der Waals surface area contributed by atoms with Crippen molar-refractivity contribution in [3.8, 4) is 5.75 Å². The van der Waals surface area contributed by atoms with Crippen LogP contribution in [0, 0.1) is 0 Å². The predicted octanol–water partition coefficient (Wildman–Crippen LogP) is 3.09. The van der Waals surface area contributed by atoms with Crippen LogP contribution >= 0.6 is 0 Å². The van der Waals surface area contributed by atoms with Gasteiger partial charge in [-0.1, -0.05) is 0 Å². The molecule has 110 valence electrons. The van der Waals surface area contributed by atoms with Crippen molar-refractivity contribution in [2.45, 2.75) is 12.8 Å². The number of rotatable bonds is 5. The molecule has 0 aliphatic carbocycles. The summed E-state index contributed by atoms with van der Waals surface area (Å²) in [5.41, 5.74) is 7.56. The summed E-state index contributed by atoms with van der Waals surface area (Å²) in [5, 5.41) is 1.58. The van der Waals surface area contributed by atoms with Gasteiger partial charge < -0.3 is 24.0 Å². The number of benzene rings is 1. The van der Waals surface area contributed by atoms with Crippen molar-refractivity contribution in [1.82, 2.24) is 0 Å². The highest BCUT2D eigenvalue weighted by molar-refractivity contribution is 6.10. The summed E-state index contributed by atoms with van der Waals surface area (Å²) in [6.45, 7) is 0.388. The predicted molar refractivity (Wildman–Crippen MR) is 77.1 cm³/mol. The van der Waals surface area contributed by atoms with Gasteiger partial charge in [0.1, 0.15) is 11.4 Å². The second-order valence-electron chi connectivity index (χ2n) is 4.60. The van der Waals surface area contributed by atoms with Gasteiger partial charge in [0.15, 0.2) is 11.2 Å². The van der Waals surface area contributed by atoms with Crippen molar-refractivity contribution < 1.29 is 23.1 Å². The SMILES string of the molecule is COC(=O)CCCOc1c2ccoc2c(N)c2occc12. The van der Waals surface area contributed by atoms with Crippen LogP contribution < -0.4 is 10.5 Å². The number of fused-ring (bicyclic) bond motifs is 2. The Morgan fingerprint density at radius 3 is 2.38 bits per heavy atom. The molecule has 0 radical (unpaired) electrons. The van der Waals surface area contributed by atoms with E-state index >= 15 is 0 Å². The zero-order valence-electron chi connectivity index (χ0n) is 11.5. The number of furan rings is 2. The quantitative estimate of drug-likeness (QED) is 0.441. The van der Waals surface area contributed by atoms with E-state index in [1.165, 1.54) is 7.11 Å². The van der Waals surface area contributed by atoms with E-state index in [4.69, 9.17) is 19.3 Å². The average Bonchev–Trinajstić information content (AvgIpc) is 3.15. The molecule has 0 atom stereocenters. The molecule has 0 saturated carbocycles. The van der Waals surface area contributed by atoms with Crippen molar-refractivity contribution in [1.29, 1.82) is 0 Å². The Hall–Kier alpha value is -2.63. The molecule has 3 rings (SSSR count). The van der Waals surface area contributed by atoms with E-state index < -0.39 is 0 Å². The van der Waals surface area contributed by atoms with Crippen molar-refractivity contribution in [3.63, 3.8) is 0 Å². The third-order valence-electron chi connectivity index (χ3n) is 3.31. The molecule has 0 aliphatic rings. The van der Waals surface area contributed by atoms with Gasteiger partial charge in [0, 0.05) is 6.42 Å². The number of carbonyl (C=O) groups excluding carboxylic acids is 1. The molecule has 0 unspecified atom stereocenters. The van der Waals surface area contributed by atoms with Gasteiger partial charge in [0.25, 0.3) is 0 Å². The third kappa shape index (κ3) is 2.29. The lowest BCUT2D eigenvalue weighted by molar-refractivity contribution is -0.140. The maximum atomic E-state index is 11.1. The van der Waals surface area contributed by atoms with Gasteiger partial charge in [0.05, 0.1) is 37.0 Å². The number of nitrogen functional groups attached to an aromatic ring is 1. The second kappa shape index (κ2) is 5.40. The first kappa shape index (κ1) is 13.4. The Bertz CT molecular complexity index is 734. The minimum absolute atomic E-state index is 0.252. The van der Waals surface area contributed by atoms with Gasteiger partial charge in [-0.05, 0) is 18.6 Å². The van der Waals surface area contributed by atoms with E-state index in [1.54, 1.807) is 24.7 Å². The molecule has 0 spiro atoms. The van der Waals surface area contributed by atoms with Crippen molar-refractivity contribution in [2.24, 2.45) is 0 Å². The number of ether oxygens (including phenoxy) is 2. The first-order valence-corrected chi connectivity index (χ1v) is 6.58. The molecule has 1 aromatic carbocycles. The van der Waals surface area contributed by atoms with Crippen molar-refractivity contribution >= 4 is 33.6 Å². The monoisotopic (exact) mass is 289 g/mol. The number of hydrogen-bond donors (Lipinski definition) is 1. The second-order valence-corrected chi connectivity index (χ2v) is 4.60. The highest BCUT2D eigenvalue weighted by atomic mass is 16.5. The Morgan fingerprint density at radius 2 is 1.81 bits per heavy atom. The first-order valence-electron chi connectivity index (χ1n) is 6.58. The normalized spacial score (nSPS) is 11.1. The zero-order valence-corrected chi connectivity index (χ0v) is 11.5. The molecule has 0 fully saturated rings. The molecule has 21 heavy (non-hydrogen) atoms. The van der Waals surface area contributed by atoms with Gasteiger partial charge in [0.2, 0.25) is 0 Å². The third-order valence-corrected chi connectivity index (χ3v) is 3.31. The summed E-state index contributed by atoms with van der Waals surface area (Å²) in [4.78, 5) is 11.1. The van der Waals surface area contributed by atoms with E-state index in [-0.39, 0.29) is 5.97 Å². The molecular formula is C15H15NO5. The summed E-state index contributed by atoms with van der Waals surface area (Å²) in [5.74, 6) is 0.402. The fourth-order valence-corrected chi connectivity index (χ4v) is 2.29. The fraction of sp³-hybridized carbons (Fsp3) is 0.267. The number of nitrogens with two attached hydrogens (primary N) is 1. The largest absolute Gasteiger partial charge is 0.492 e. The van der Waals surface area contributed by atoms with Crippen LogP contribution in [0.1, 0.15) is 12.8 Å². The number of esters is 1. The molecule has 0 aliphatic heterocycles. The van der Waals surface area contributed by atoms with Crippen LogP contribution in [0.2, 0.25) is 0 Å². The topological polar surface area (TPSA) is 87.8 Å². The summed E-state index contributed by atoms with van der Waals surface area (Å²) in [7, 11) is 1.37. The standard InChI is InChI=1S/C15H15NO5/c1-18-11(17)3-2-6-19-13-9-4-7-20-14(9)12(16)15-10(13)5-8-21-15/h4-5,7-8H,2-3,6,16H2,1H3. The molecule has 0 bridgehead atoms. The molecular weight excluding hydrogens is 274 g/mol. The van der Waals surface area contributed by atoms with Crippen LogP contribution in [-0.2, 0) is 9.53 Å². The number of methoxy groups -OCH3 is 1. The lowest BCUT2D eigenvalue weighted by atomic mass is 10.1. The Balaban J connectivity index is 1.89. The van der Waals surface area contributed by atoms with E-state index in [0.29, 0.717) is 42.1 Å². The Kier molecular flexibility index (Phi) is 3.43. The van der Waals surface area contributed by atoms with Gasteiger partial charge in [-0.15, -0.1) is 0 Å². The maximum absolute atomic E-state index is 11.1. The van der Waals surface area contributed by atoms with E-state index in [2.05, 4.69) is 4.74 Å². The number of anilines is 1. The van der Waals surface area contributed by atoms with Crippen LogP contribution in [0.25, 0.3) is 21.9 Å². The average molecular weight is 289 g/mol. The van der Waals surface area contributed by atoms with Gasteiger partial charge >= 0.3 is 5.97 Å². The maximum Gasteiger partial charge on any atom is 0.305 e. The highest BCUT2D eigenvalue weighted by Crippen LogP contribution is 2.41. The molecule has 6 nitrogen and oxygen atoms in total. The zero-order chi connectivity index (χ0) is 14.8.